The first-order chi connectivity index (χ1) is 7.18. The molecule has 1 aliphatic heterocycles. The number of nitrogens with one attached hydrogen (secondary N) is 1. The van der Waals surface area contributed by atoms with E-state index in [9.17, 15) is 9.18 Å². The highest BCUT2D eigenvalue weighted by Crippen LogP contribution is 2.21. The molecule has 0 saturated carbocycles. The highest BCUT2D eigenvalue weighted by atomic mass is 35.5. The van der Waals surface area contributed by atoms with Gasteiger partial charge in [0.15, 0.2) is 0 Å². The number of piperazine rings is 1. The third-order valence-electron chi connectivity index (χ3n) is 2.54. The van der Waals surface area contributed by atoms with E-state index in [1.807, 2.05) is 6.92 Å². The lowest BCUT2D eigenvalue weighted by molar-refractivity contribution is -0.118. The van der Waals surface area contributed by atoms with Crippen LogP contribution >= 0.6 is 12.4 Å². The summed E-state index contributed by atoms with van der Waals surface area (Å²) in [6.45, 7) is 3.60. The Morgan fingerprint density at radius 2 is 2.19 bits per heavy atom. The summed E-state index contributed by atoms with van der Waals surface area (Å²) in [5.41, 5.74) is 1.60. The molecule has 1 aliphatic rings. The van der Waals surface area contributed by atoms with Gasteiger partial charge < -0.3 is 10.2 Å². The van der Waals surface area contributed by atoms with Gasteiger partial charge in [0.25, 0.3) is 0 Å². The molecule has 2 rings (SSSR count). The fourth-order valence-corrected chi connectivity index (χ4v) is 1.78. The summed E-state index contributed by atoms with van der Waals surface area (Å²) in [6.07, 6.45) is 0. The fraction of sp³-hybridized carbons (Fsp3) is 0.364. The molecular weight excluding hydrogens is 231 g/mol. The quantitative estimate of drug-likeness (QED) is 0.812. The van der Waals surface area contributed by atoms with Crippen molar-refractivity contribution in [1.82, 2.24) is 5.32 Å². The van der Waals surface area contributed by atoms with Crippen LogP contribution in [-0.2, 0) is 4.79 Å². The predicted octanol–water partition coefficient (Wildman–Crippen LogP) is 1.49. The molecule has 5 heteroatoms. The molecule has 1 heterocycles. The van der Waals surface area contributed by atoms with Crippen molar-refractivity contribution in [3.05, 3.63) is 29.6 Å². The van der Waals surface area contributed by atoms with Gasteiger partial charge in [0.2, 0.25) is 5.91 Å². The zero-order valence-corrected chi connectivity index (χ0v) is 9.81. The van der Waals surface area contributed by atoms with Gasteiger partial charge in [-0.1, -0.05) is 0 Å². The number of aryl methyl sites for hydroxylation is 1. The Labute approximate surface area is 100 Å². The van der Waals surface area contributed by atoms with Gasteiger partial charge in [0.1, 0.15) is 5.82 Å². The highest BCUT2D eigenvalue weighted by molar-refractivity contribution is 5.96. The van der Waals surface area contributed by atoms with Crippen LogP contribution in [0.3, 0.4) is 0 Å². The lowest BCUT2D eigenvalue weighted by Gasteiger charge is -2.28. The van der Waals surface area contributed by atoms with Crippen molar-refractivity contribution in [3.63, 3.8) is 0 Å². The molecule has 0 aliphatic carbocycles. The minimum Gasteiger partial charge on any atom is -0.310 e. The number of carbonyl (C=O) groups is 1. The van der Waals surface area contributed by atoms with Crippen molar-refractivity contribution in [1.29, 1.82) is 0 Å². The highest BCUT2D eigenvalue weighted by Gasteiger charge is 2.20. The van der Waals surface area contributed by atoms with E-state index >= 15 is 0 Å². The minimum atomic E-state index is -0.265. The number of rotatable bonds is 1. The van der Waals surface area contributed by atoms with Crippen LogP contribution in [0.5, 0.6) is 0 Å². The van der Waals surface area contributed by atoms with Crippen LogP contribution < -0.4 is 10.2 Å². The molecular formula is C11H14ClFN2O. The number of hydrogen-bond donors (Lipinski definition) is 1. The van der Waals surface area contributed by atoms with Gasteiger partial charge in [0, 0.05) is 18.8 Å². The molecule has 0 spiro atoms. The average molecular weight is 245 g/mol. The zero-order chi connectivity index (χ0) is 10.8. The third kappa shape index (κ3) is 2.51. The topological polar surface area (TPSA) is 32.3 Å². The van der Waals surface area contributed by atoms with Gasteiger partial charge in [-0.15, -0.1) is 12.4 Å². The zero-order valence-electron chi connectivity index (χ0n) is 9.00. The molecule has 0 unspecified atom stereocenters. The molecule has 0 radical (unpaired) electrons. The lowest BCUT2D eigenvalue weighted by Crippen LogP contribution is -2.48. The molecule has 0 atom stereocenters. The Morgan fingerprint density at radius 3 is 2.81 bits per heavy atom. The number of carbonyl (C=O) groups excluding carboxylic acids is 1. The van der Waals surface area contributed by atoms with Crippen molar-refractivity contribution in [2.45, 2.75) is 6.92 Å². The predicted molar refractivity (Wildman–Crippen MR) is 63.6 cm³/mol. The number of amides is 1. The maximum absolute atomic E-state index is 12.9. The monoisotopic (exact) mass is 244 g/mol. The first-order valence-electron chi connectivity index (χ1n) is 4.96. The summed E-state index contributed by atoms with van der Waals surface area (Å²) in [6, 6.07) is 4.50. The minimum absolute atomic E-state index is 0. The summed E-state index contributed by atoms with van der Waals surface area (Å²) >= 11 is 0. The first-order valence-corrected chi connectivity index (χ1v) is 4.96. The van der Waals surface area contributed by atoms with Crippen molar-refractivity contribution >= 4 is 24.0 Å². The van der Waals surface area contributed by atoms with Crippen molar-refractivity contribution in [3.8, 4) is 0 Å². The molecule has 1 fully saturated rings. The molecule has 1 N–H and O–H groups in total. The van der Waals surface area contributed by atoms with Crippen molar-refractivity contribution in [2.24, 2.45) is 0 Å². The summed E-state index contributed by atoms with van der Waals surface area (Å²) < 4.78 is 12.9. The Kier molecular flexibility index (Phi) is 4.26. The van der Waals surface area contributed by atoms with Crippen LogP contribution in [0.1, 0.15) is 5.56 Å². The summed E-state index contributed by atoms with van der Waals surface area (Å²) in [5.74, 6) is -0.227. The fourth-order valence-electron chi connectivity index (χ4n) is 1.78. The van der Waals surface area contributed by atoms with E-state index in [0.29, 0.717) is 13.1 Å². The number of anilines is 1. The molecule has 16 heavy (non-hydrogen) atoms. The number of halogens is 2. The molecule has 1 aromatic rings. The molecule has 1 amide bonds. The van der Waals surface area contributed by atoms with E-state index in [1.54, 1.807) is 11.0 Å². The van der Waals surface area contributed by atoms with Crippen molar-refractivity contribution < 1.29 is 9.18 Å². The average Bonchev–Trinajstić information content (AvgIpc) is 2.20. The van der Waals surface area contributed by atoms with Crippen molar-refractivity contribution in [2.75, 3.05) is 24.5 Å². The van der Waals surface area contributed by atoms with E-state index in [0.717, 1.165) is 17.8 Å². The van der Waals surface area contributed by atoms with E-state index < -0.39 is 0 Å². The Balaban J connectivity index is 0.00000128. The van der Waals surface area contributed by atoms with Crippen LogP contribution in [0, 0.1) is 12.7 Å². The van der Waals surface area contributed by atoms with Crippen LogP contribution in [0.25, 0.3) is 0 Å². The molecule has 3 nitrogen and oxygen atoms in total. The van der Waals surface area contributed by atoms with Crippen LogP contribution in [0.4, 0.5) is 10.1 Å². The number of nitrogens with zero attached hydrogens (tertiary/aromatic N) is 1. The SMILES string of the molecule is Cc1cc(F)ccc1N1CCNCC1=O.Cl. The summed E-state index contributed by atoms with van der Waals surface area (Å²) in [4.78, 5) is 13.3. The Bertz CT molecular complexity index is 398. The molecule has 0 aromatic heterocycles. The molecule has 1 saturated heterocycles. The van der Waals surface area contributed by atoms with Gasteiger partial charge in [-0.3, -0.25) is 4.79 Å². The maximum atomic E-state index is 12.9. The number of benzene rings is 1. The van der Waals surface area contributed by atoms with Gasteiger partial charge in [-0.2, -0.15) is 0 Å². The van der Waals surface area contributed by atoms with E-state index in [2.05, 4.69) is 5.32 Å². The summed E-state index contributed by atoms with van der Waals surface area (Å²) in [5, 5.41) is 3.00. The lowest BCUT2D eigenvalue weighted by atomic mass is 10.1. The first kappa shape index (κ1) is 12.9. The third-order valence-corrected chi connectivity index (χ3v) is 2.54. The van der Waals surface area contributed by atoms with Crippen LogP contribution in [-0.4, -0.2) is 25.5 Å². The number of hydrogen-bond acceptors (Lipinski definition) is 2. The normalized spacial score (nSPS) is 15.9. The molecule has 1 aromatic carbocycles. The maximum Gasteiger partial charge on any atom is 0.240 e. The van der Waals surface area contributed by atoms with Crippen LogP contribution in [0.2, 0.25) is 0 Å². The Morgan fingerprint density at radius 1 is 1.44 bits per heavy atom. The second-order valence-corrected chi connectivity index (χ2v) is 3.65. The van der Waals surface area contributed by atoms with Gasteiger partial charge in [0.05, 0.1) is 6.54 Å². The van der Waals surface area contributed by atoms with Gasteiger partial charge in [-0.25, -0.2) is 4.39 Å². The van der Waals surface area contributed by atoms with E-state index in [-0.39, 0.29) is 24.1 Å². The van der Waals surface area contributed by atoms with Gasteiger partial charge >= 0.3 is 0 Å². The van der Waals surface area contributed by atoms with E-state index in [1.165, 1.54) is 12.1 Å². The summed E-state index contributed by atoms with van der Waals surface area (Å²) in [7, 11) is 0. The van der Waals surface area contributed by atoms with Gasteiger partial charge in [-0.05, 0) is 30.7 Å². The second-order valence-electron chi connectivity index (χ2n) is 3.65. The Hall–Kier alpha value is -1.13. The molecule has 0 bridgehead atoms. The smallest absolute Gasteiger partial charge is 0.240 e. The largest absolute Gasteiger partial charge is 0.310 e. The van der Waals surface area contributed by atoms with Crippen LogP contribution in [0.15, 0.2) is 18.2 Å². The second kappa shape index (κ2) is 5.27. The van der Waals surface area contributed by atoms with E-state index in [4.69, 9.17) is 0 Å². The standard InChI is InChI=1S/C11H13FN2O.ClH/c1-8-6-9(12)2-3-10(8)14-5-4-13-7-11(14)15;/h2-3,6,13H,4-5,7H2,1H3;1H. The molecule has 88 valence electrons.